The van der Waals surface area contributed by atoms with Crippen LogP contribution in [0, 0.1) is 0 Å². The number of aliphatic hydroxyl groups is 5. The summed E-state index contributed by atoms with van der Waals surface area (Å²) in [5, 5.41) is 55.1. The monoisotopic (exact) mass is 1250 g/mol. The van der Waals surface area contributed by atoms with Crippen LogP contribution in [0.4, 0.5) is 0 Å². The molecule has 1 saturated heterocycles. The van der Waals surface area contributed by atoms with Crippen molar-refractivity contribution >= 4 is 5.91 Å². The maximum Gasteiger partial charge on any atom is 0.220 e. The van der Waals surface area contributed by atoms with Crippen molar-refractivity contribution in [2.45, 2.75) is 487 Å². The summed E-state index contributed by atoms with van der Waals surface area (Å²) >= 11 is 0. The Bertz CT molecular complexity index is 1350. The number of rotatable bonds is 73. The molecule has 0 spiro atoms. The maximum atomic E-state index is 13.2. The zero-order valence-electron chi connectivity index (χ0n) is 59.3. The fraction of sp³-hybridized carbons (Fsp3) is 0.987. The highest BCUT2D eigenvalue weighted by Gasteiger charge is 2.44. The Morgan fingerprint density at radius 3 is 0.807 bits per heavy atom. The van der Waals surface area contributed by atoms with Gasteiger partial charge in [0.1, 0.15) is 24.4 Å². The molecule has 1 rings (SSSR count). The van der Waals surface area contributed by atoms with Gasteiger partial charge in [0.2, 0.25) is 5.91 Å². The fourth-order valence-corrected chi connectivity index (χ4v) is 13.7. The lowest BCUT2D eigenvalue weighted by Crippen LogP contribution is -2.60. The van der Waals surface area contributed by atoms with Gasteiger partial charge in [0.25, 0.3) is 0 Å². The van der Waals surface area contributed by atoms with Gasteiger partial charge in [-0.3, -0.25) is 4.79 Å². The molecule has 88 heavy (non-hydrogen) atoms. The predicted octanol–water partition coefficient (Wildman–Crippen LogP) is 22.8. The largest absolute Gasteiger partial charge is 0.394 e. The van der Waals surface area contributed by atoms with E-state index in [1.165, 1.54) is 379 Å². The number of hydrogen-bond acceptors (Lipinski definition) is 8. The highest BCUT2D eigenvalue weighted by Crippen LogP contribution is 2.25. The van der Waals surface area contributed by atoms with Crippen molar-refractivity contribution in [3.8, 4) is 0 Å². The molecular formula is C79H157NO8. The number of aliphatic hydroxyl groups excluding tert-OH is 5. The maximum absolute atomic E-state index is 13.2. The lowest BCUT2D eigenvalue weighted by molar-refractivity contribution is -0.302. The van der Waals surface area contributed by atoms with Crippen molar-refractivity contribution < 1.29 is 39.8 Å². The Kier molecular flexibility index (Phi) is 66.8. The average Bonchev–Trinajstić information content (AvgIpc) is 3.65. The van der Waals surface area contributed by atoms with Crippen LogP contribution in [0.25, 0.3) is 0 Å². The number of unbranched alkanes of at least 4 members (excludes halogenated alkanes) is 63. The third-order valence-electron chi connectivity index (χ3n) is 20.0. The van der Waals surface area contributed by atoms with Gasteiger partial charge in [0, 0.05) is 6.42 Å². The zero-order valence-corrected chi connectivity index (χ0v) is 59.3. The van der Waals surface area contributed by atoms with Crippen molar-refractivity contribution in [2.75, 3.05) is 13.2 Å². The topological polar surface area (TPSA) is 149 Å². The molecule has 0 bridgehead atoms. The molecule has 9 nitrogen and oxygen atoms in total. The molecule has 1 fully saturated rings. The second-order valence-corrected chi connectivity index (χ2v) is 28.6. The molecule has 1 aliphatic rings. The molecule has 0 aliphatic carbocycles. The summed E-state index contributed by atoms with van der Waals surface area (Å²) in [5.74, 6) is -0.131. The number of hydrogen-bond donors (Lipinski definition) is 6. The average molecular weight is 1250 g/mol. The summed E-state index contributed by atoms with van der Waals surface area (Å²) in [4.78, 5) is 13.2. The van der Waals surface area contributed by atoms with E-state index in [-0.39, 0.29) is 12.5 Å². The van der Waals surface area contributed by atoms with Crippen molar-refractivity contribution in [3.63, 3.8) is 0 Å². The van der Waals surface area contributed by atoms with Crippen molar-refractivity contribution in [1.29, 1.82) is 0 Å². The van der Waals surface area contributed by atoms with Crippen molar-refractivity contribution in [1.82, 2.24) is 5.32 Å². The minimum atomic E-state index is -1.55. The van der Waals surface area contributed by atoms with E-state index in [0.717, 1.165) is 38.5 Å². The Morgan fingerprint density at radius 1 is 0.341 bits per heavy atom. The molecular weight excluding hydrogens is 1090 g/mol. The second-order valence-electron chi connectivity index (χ2n) is 28.6. The number of amides is 1. The van der Waals surface area contributed by atoms with Crippen LogP contribution in [0.5, 0.6) is 0 Å². The second kappa shape index (κ2) is 69.0. The standard InChI is InChI=1S/C79H157NO8/c1-3-5-7-9-11-13-15-17-19-21-23-25-27-29-31-33-35-36-37-38-39-41-43-45-47-49-51-53-55-57-59-61-63-65-67-69-75(83)80-72(71-87-79-78(86)77(85)76(84)74(70-81)88-79)73(82)68-66-64-62-60-58-56-54-52-50-48-46-44-42-40-34-32-30-28-26-24-22-20-18-16-14-12-10-8-6-4-2/h72-74,76-79,81-82,84-86H,3-71H2,1-2H3,(H,80,83). The van der Waals surface area contributed by atoms with Gasteiger partial charge in [-0.1, -0.05) is 425 Å². The van der Waals surface area contributed by atoms with Gasteiger partial charge in [-0.15, -0.1) is 0 Å². The smallest absolute Gasteiger partial charge is 0.220 e. The van der Waals surface area contributed by atoms with E-state index in [9.17, 15) is 30.3 Å². The quantitative estimate of drug-likeness (QED) is 0.0330. The van der Waals surface area contributed by atoms with Crippen LogP contribution >= 0.6 is 0 Å². The first-order chi connectivity index (χ1) is 43.3. The van der Waals surface area contributed by atoms with Gasteiger partial charge in [-0.2, -0.15) is 0 Å². The van der Waals surface area contributed by atoms with E-state index < -0.39 is 49.5 Å². The summed E-state index contributed by atoms with van der Waals surface area (Å²) in [6.07, 6.45) is 82.2. The first-order valence-electron chi connectivity index (χ1n) is 40.2. The molecule has 0 radical (unpaired) electrons. The molecule has 7 atom stereocenters. The molecule has 526 valence electrons. The van der Waals surface area contributed by atoms with Crippen LogP contribution in [0.3, 0.4) is 0 Å². The molecule has 1 heterocycles. The molecule has 1 aliphatic heterocycles. The first kappa shape index (κ1) is 85.2. The highest BCUT2D eigenvalue weighted by molar-refractivity contribution is 5.76. The summed E-state index contributed by atoms with van der Waals surface area (Å²) < 4.78 is 11.4. The molecule has 9 heteroatoms. The van der Waals surface area contributed by atoms with E-state index in [1.54, 1.807) is 0 Å². The molecule has 1 amide bonds. The first-order valence-corrected chi connectivity index (χ1v) is 40.2. The van der Waals surface area contributed by atoms with Crippen molar-refractivity contribution in [2.24, 2.45) is 0 Å². The third kappa shape index (κ3) is 56.7. The summed E-state index contributed by atoms with van der Waals surface area (Å²) in [6.45, 7) is 3.92. The Labute approximate surface area is 548 Å². The third-order valence-corrected chi connectivity index (χ3v) is 20.0. The minimum absolute atomic E-state index is 0.130. The normalized spacial score (nSPS) is 17.7. The summed E-state index contributed by atoms with van der Waals surface area (Å²) in [5.41, 5.74) is 0. The Hall–Kier alpha value is -0.810. The number of carbonyl (C=O) groups is 1. The van der Waals surface area contributed by atoms with Crippen LogP contribution < -0.4 is 5.32 Å². The molecule has 0 saturated carbocycles. The fourth-order valence-electron chi connectivity index (χ4n) is 13.7. The van der Waals surface area contributed by atoms with Gasteiger partial charge in [0.05, 0.1) is 25.4 Å². The van der Waals surface area contributed by atoms with E-state index >= 15 is 0 Å². The van der Waals surface area contributed by atoms with Crippen molar-refractivity contribution in [3.05, 3.63) is 0 Å². The molecule has 6 N–H and O–H groups in total. The van der Waals surface area contributed by atoms with Crippen LogP contribution in [0.15, 0.2) is 0 Å². The van der Waals surface area contributed by atoms with E-state index in [2.05, 4.69) is 19.2 Å². The van der Waals surface area contributed by atoms with E-state index in [0.29, 0.717) is 12.8 Å². The lowest BCUT2D eigenvalue weighted by atomic mass is 9.99. The number of carbonyl (C=O) groups excluding carboxylic acids is 1. The Balaban J connectivity index is 2.03. The van der Waals surface area contributed by atoms with Gasteiger partial charge >= 0.3 is 0 Å². The van der Waals surface area contributed by atoms with Gasteiger partial charge in [-0.05, 0) is 12.8 Å². The van der Waals surface area contributed by atoms with Gasteiger partial charge in [0.15, 0.2) is 6.29 Å². The van der Waals surface area contributed by atoms with Crippen LogP contribution in [0.2, 0.25) is 0 Å². The van der Waals surface area contributed by atoms with Crippen LogP contribution in [-0.2, 0) is 14.3 Å². The van der Waals surface area contributed by atoms with Crippen LogP contribution in [-0.4, -0.2) is 87.5 Å². The summed E-state index contributed by atoms with van der Waals surface area (Å²) in [7, 11) is 0. The molecule has 0 aromatic carbocycles. The molecule has 7 unspecified atom stereocenters. The number of nitrogens with one attached hydrogen (secondary N) is 1. The van der Waals surface area contributed by atoms with Gasteiger partial charge < -0.3 is 40.3 Å². The minimum Gasteiger partial charge on any atom is -0.394 e. The van der Waals surface area contributed by atoms with Crippen LogP contribution in [0.1, 0.15) is 444 Å². The molecule has 0 aromatic rings. The van der Waals surface area contributed by atoms with Gasteiger partial charge in [-0.25, -0.2) is 0 Å². The van der Waals surface area contributed by atoms with E-state index in [1.807, 2.05) is 0 Å². The summed E-state index contributed by atoms with van der Waals surface area (Å²) in [6, 6.07) is -0.716. The predicted molar refractivity (Wildman–Crippen MR) is 378 cm³/mol. The Morgan fingerprint density at radius 2 is 0.568 bits per heavy atom. The zero-order chi connectivity index (χ0) is 63.5. The highest BCUT2D eigenvalue weighted by atomic mass is 16.7. The van der Waals surface area contributed by atoms with E-state index in [4.69, 9.17) is 9.47 Å². The molecule has 0 aromatic heterocycles. The SMILES string of the molecule is CCCCCCCCCCCCCCCCCCCCCCCCCCCCCCCCCCCCCC(=O)NC(COC1OC(CO)C(O)C(O)C1O)C(O)CCCCCCCCCCCCCCCCCCCCCCCCCCCCCCCC. The lowest BCUT2D eigenvalue weighted by Gasteiger charge is -2.40. The number of ether oxygens (including phenoxy) is 2.